The van der Waals surface area contributed by atoms with Crippen molar-refractivity contribution in [2.24, 2.45) is 0 Å². The zero-order chi connectivity index (χ0) is 17.3. The molecule has 24 heavy (non-hydrogen) atoms. The maximum absolute atomic E-state index is 12.3. The summed E-state index contributed by atoms with van der Waals surface area (Å²) < 4.78 is 6.20. The molecule has 0 saturated heterocycles. The molecule has 1 aromatic heterocycles. The molecule has 0 radical (unpaired) electrons. The van der Waals surface area contributed by atoms with Gasteiger partial charge in [-0.1, -0.05) is 35.1 Å². The van der Waals surface area contributed by atoms with E-state index in [-0.39, 0.29) is 5.91 Å². The number of halogens is 1. The predicted octanol–water partition coefficient (Wildman–Crippen LogP) is 4.76. The first-order valence-corrected chi connectivity index (χ1v) is 8.66. The molecule has 1 amide bonds. The fourth-order valence-electron chi connectivity index (χ4n) is 2.61. The monoisotopic (exact) mass is 360 g/mol. The summed E-state index contributed by atoms with van der Waals surface area (Å²) in [7, 11) is 1.64. The van der Waals surface area contributed by atoms with E-state index in [1.807, 2.05) is 44.2 Å². The summed E-state index contributed by atoms with van der Waals surface area (Å²) >= 11 is 7.49. The van der Waals surface area contributed by atoms with Crippen molar-refractivity contribution in [3.8, 4) is 5.75 Å². The van der Waals surface area contributed by atoms with E-state index in [0.29, 0.717) is 16.6 Å². The summed E-state index contributed by atoms with van der Waals surface area (Å²) in [5.41, 5.74) is 3.82. The number of fused-ring (bicyclic) bond motifs is 1. The van der Waals surface area contributed by atoms with Crippen molar-refractivity contribution in [1.82, 2.24) is 4.98 Å². The van der Waals surface area contributed by atoms with Crippen LogP contribution in [0.2, 0.25) is 5.02 Å². The third-order valence-electron chi connectivity index (χ3n) is 3.72. The van der Waals surface area contributed by atoms with Gasteiger partial charge in [-0.05, 0) is 48.7 Å². The number of nitrogens with zero attached hydrogens (tertiary/aromatic N) is 1. The van der Waals surface area contributed by atoms with E-state index >= 15 is 0 Å². The van der Waals surface area contributed by atoms with Crippen molar-refractivity contribution in [3.05, 3.63) is 52.0 Å². The number of anilines is 1. The third-order valence-corrected chi connectivity index (χ3v) is 4.86. The highest BCUT2D eigenvalue weighted by Gasteiger charge is 2.11. The van der Waals surface area contributed by atoms with Gasteiger partial charge in [0.1, 0.15) is 5.75 Å². The molecule has 0 aliphatic carbocycles. The molecule has 0 fully saturated rings. The molecule has 4 nitrogen and oxygen atoms in total. The molecular formula is C18H17ClN2O2S. The molecule has 6 heteroatoms. The lowest BCUT2D eigenvalue weighted by Crippen LogP contribution is -2.14. The first-order chi connectivity index (χ1) is 11.5. The molecule has 0 unspecified atom stereocenters. The van der Waals surface area contributed by atoms with Crippen LogP contribution < -0.4 is 10.1 Å². The van der Waals surface area contributed by atoms with Crippen LogP contribution in [0, 0.1) is 13.8 Å². The van der Waals surface area contributed by atoms with Crippen LogP contribution in [0.4, 0.5) is 5.13 Å². The number of rotatable bonds is 4. The van der Waals surface area contributed by atoms with Crippen molar-refractivity contribution in [1.29, 1.82) is 0 Å². The second kappa shape index (κ2) is 6.79. The number of benzene rings is 2. The smallest absolute Gasteiger partial charge is 0.230 e. The predicted molar refractivity (Wildman–Crippen MR) is 99.4 cm³/mol. The van der Waals surface area contributed by atoms with Gasteiger partial charge in [-0.15, -0.1) is 0 Å². The van der Waals surface area contributed by atoms with Crippen LogP contribution >= 0.6 is 22.9 Å². The van der Waals surface area contributed by atoms with Gasteiger partial charge in [0, 0.05) is 5.02 Å². The second-order valence-corrected chi connectivity index (χ2v) is 7.08. The number of amides is 1. The summed E-state index contributed by atoms with van der Waals surface area (Å²) in [6.07, 6.45) is 0.292. The number of methoxy groups -OCH3 is 1. The van der Waals surface area contributed by atoms with Gasteiger partial charge in [-0.3, -0.25) is 4.79 Å². The second-order valence-electron chi connectivity index (χ2n) is 5.62. The van der Waals surface area contributed by atoms with Crippen LogP contribution in [-0.2, 0) is 11.2 Å². The number of hydrogen-bond acceptors (Lipinski definition) is 4. The van der Waals surface area contributed by atoms with Gasteiger partial charge in [0.05, 0.1) is 23.7 Å². The Morgan fingerprint density at radius 2 is 2.04 bits per heavy atom. The Morgan fingerprint density at radius 3 is 2.75 bits per heavy atom. The molecule has 1 N–H and O–H groups in total. The first-order valence-electron chi connectivity index (χ1n) is 7.46. The Morgan fingerprint density at radius 1 is 1.25 bits per heavy atom. The number of aryl methyl sites for hydroxylation is 2. The maximum atomic E-state index is 12.3. The number of thiazole rings is 1. The van der Waals surface area contributed by atoms with Crippen LogP contribution in [0.25, 0.3) is 10.2 Å². The first kappa shape index (κ1) is 16.7. The fourth-order valence-corrected chi connectivity index (χ4v) is 3.94. The van der Waals surface area contributed by atoms with Crippen LogP contribution in [0.1, 0.15) is 16.7 Å². The fraction of sp³-hybridized carbons (Fsp3) is 0.222. The Balaban J connectivity index is 1.75. The summed E-state index contributed by atoms with van der Waals surface area (Å²) in [4.78, 5) is 16.8. The van der Waals surface area contributed by atoms with Crippen molar-refractivity contribution >= 4 is 44.2 Å². The molecular weight excluding hydrogens is 344 g/mol. The number of ether oxygens (including phenoxy) is 1. The van der Waals surface area contributed by atoms with Gasteiger partial charge in [-0.2, -0.15) is 0 Å². The number of hydrogen-bond donors (Lipinski definition) is 1. The Hall–Kier alpha value is -2.11. The molecule has 3 rings (SSSR count). The van der Waals surface area contributed by atoms with E-state index in [1.54, 1.807) is 7.11 Å². The van der Waals surface area contributed by atoms with Gasteiger partial charge in [0.2, 0.25) is 5.91 Å². The van der Waals surface area contributed by atoms with E-state index in [2.05, 4.69) is 10.3 Å². The van der Waals surface area contributed by atoms with Gasteiger partial charge in [0.25, 0.3) is 0 Å². The number of carbonyl (C=O) groups is 1. The van der Waals surface area contributed by atoms with Gasteiger partial charge >= 0.3 is 0 Å². The van der Waals surface area contributed by atoms with Crippen molar-refractivity contribution in [3.63, 3.8) is 0 Å². The lowest BCUT2D eigenvalue weighted by molar-refractivity contribution is -0.115. The highest BCUT2D eigenvalue weighted by Crippen LogP contribution is 2.31. The molecule has 0 saturated carbocycles. The number of carbonyl (C=O) groups excluding carboxylic acids is 1. The standard InChI is InChI=1S/C18H17ClN2O2S/c1-10-6-12(4-5-14(10)23-3)8-16(22)20-18-21-17-11(2)7-13(19)9-15(17)24-18/h4-7,9H,8H2,1-3H3,(H,20,21,22). The average molecular weight is 361 g/mol. The van der Waals surface area contributed by atoms with Gasteiger partial charge < -0.3 is 10.1 Å². The van der Waals surface area contributed by atoms with Crippen LogP contribution in [-0.4, -0.2) is 18.0 Å². The highest BCUT2D eigenvalue weighted by atomic mass is 35.5. The van der Waals surface area contributed by atoms with Crippen LogP contribution in [0.5, 0.6) is 5.75 Å². The highest BCUT2D eigenvalue weighted by molar-refractivity contribution is 7.22. The summed E-state index contributed by atoms with van der Waals surface area (Å²) in [5, 5.41) is 4.13. The average Bonchev–Trinajstić information content (AvgIpc) is 2.89. The molecule has 0 atom stereocenters. The topological polar surface area (TPSA) is 51.2 Å². The van der Waals surface area contributed by atoms with Gasteiger partial charge in [0.15, 0.2) is 5.13 Å². The zero-order valence-corrected chi connectivity index (χ0v) is 15.2. The van der Waals surface area contributed by atoms with Crippen LogP contribution in [0.15, 0.2) is 30.3 Å². The Bertz CT molecular complexity index is 921. The summed E-state index contributed by atoms with van der Waals surface area (Å²) in [6.45, 7) is 3.92. The largest absolute Gasteiger partial charge is 0.496 e. The molecule has 3 aromatic rings. The van der Waals surface area contributed by atoms with Gasteiger partial charge in [-0.25, -0.2) is 4.98 Å². The zero-order valence-electron chi connectivity index (χ0n) is 13.6. The minimum absolute atomic E-state index is 0.0950. The maximum Gasteiger partial charge on any atom is 0.230 e. The molecule has 2 aromatic carbocycles. The molecule has 0 spiro atoms. The molecule has 124 valence electrons. The molecule has 1 heterocycles. The van der Waals surface area contributed by atoms with E-state index in [1.165, 1.54) is 11.3 Å². The number of nitrogens with one attached hydrogen (secondary N) is 1. The van der Waals surface area contributed by atoms with Crippen molar-refractivity contribution in [2.45, 2.75) is 20.3 Å². The minimum atomic E-state index is -0.0950. The van der Waals surface area contributed by atoms with Crippen molar-refractivity contribution < 1.29 is 9.53 Å². The summed E-state index contributed by atoms with van der Waals surface area (Å²) in [5.74, 6) is 0.722. The Labute approximate surface area is 149 Å². The van der Waals surface area contributed by atoms with Crippen molar-refractivity contribution in [2.75, 3.05) is 12.4 Å². The summed E-state index contributed by atoms with van der Waals surface area (Å²) in [6, 6.07) is 9.47. The molecule has 0 aliphatic rings. The third kappa shape index (κ3) is 3.52. The van der Waals surface area contributed by atoms with E-state index in [4.69, 9.17) is 16.3 Å². The lowest BCUT2D eigenvalue weighted by Gasteiger charge is -2.07. The van der Waals surface area contributed by atoms with E-state index in [9.17, 15) is 4.79 Å². The lowest BCUT2D eigenvalue weighted by atomic mass is 10.1. The van der Waals surface area contributed by atoms with Crippen LogP contribution in [0.3, 0.4) is 0 Å². The SMILES string of the molecule is COc1ccc(CC(=O)Nc2nc3c(C)cc(Cl)cc3s2)cc1C. The van der Waals surface area contributed by atoms with E-state index < -0.39 is 0 Å². The minimum Gasteiger partial charge on any atom is -0.496 e. The quantitative estimate of drug-likeness (QED) is 0.730. The number of aromatic nitrogens is 1. The van der Waals surface area contributed by atoms with E-state index in [0.717, 1.165) is 32.7 Å². The molecule has 0 aliphatic heterocycles. The Kier molecular flexibility index (Phi) is 4.73. The molecule has 0 bridgehead atoms. The normalized spacial score (nSPS) is 10.8.